The fourth-order valence-electron chi connectivity index (χ4n) is 3.08. The van der Waals surface area contributed by atoms with Gasteiger partial charge < -0.3 is 10.6 Å². The van der Waals surface area contributed by atoms with Crippen molar-refractivity contribution in [1.29, 1.82) is 0 Å². The van der Waals surface area contributed by atoms with Gasteiger partial charge in [0, 0.05) is 38.7 Å². The van der Waals surface area contributed by atoms with Crippen molar-refractivity contribution in [2.45, 2.75) is 39.2 Å². The number of nitrogens with one attached hydrogen (secondary N) is 2. The Balaban J connectivity index is 0.00000320. The van der Waals surface area contributed by atoms with Gasteiger partial charge in [-0.15, -0.1) is 24.0 Å². The van der Waals surface area contributed by atoms with E-state index in [2.05, 4.69) is 63.8 Å². The molecule has 2 N–H and O–H groups in total. The lowest BCUT2D eigenvalue weighted by atomic mass is 10.0. The van der Waals surface area contributed by atoms with Crippen LogP contribution in [0.15, 0.2) is 66.0 Å². The van der Waals surface area contributed by atoms with E-state index < -0.39 is 0 Å². The third-order valence-corrected chi connectivity index (χ3v) is 4.81. The Hall–Kier alpha value is -2.42. The van der Waals surface area contributed by atoms with Crippen LogP contribution in [0, 0.1) is 0 Å². The van der Waals surface area contributed by atoms with Crippen molar-refractivity contribution in [1.82, 2.24) is 25.4 Å². The highest BCUT2D eigenvalue weighted by molar-refractivity contribution is 14.0. The first-order valence-electron chi connectivity index (χ1n) is 10.1. The molecule has 6 nitrogen and oxygen atoms in total. The van der Waals surface area contributed by atoms with Gasteiger partial charge in [-0.1, -0.05) is 38.1 Å². The van der Waals surface area contributed by atoms with Crippen LogP contribution in [0.5, 0.6) is 0 Å². The summed E-state index contributed by atoms with van der Waals surface area (Å²) in [6.07, 6.45) is 7.54. The van der Waals surface area contributed by atoms with Crippen LogP contribution in [0.3, 0.4) is 0 Å². The number of benzene rings is 1. The first kappa shape index (κ1) is 23.9. The van der Waals surface area contributed by atoms with Crippen LogP contribution in [-0.4, -0.2) is 34.3 Å². The summed E-state index contributed by atoms with van der Waals surface area (Å²) >= 11 is 0. The molecule has 0 aliphatic rings. The van der Waals surface area contributed by atoms with E-state index in [4.69, 9.17) is 0 Å². The monoisotopic (exact) mass is 518 g/mol. The smallest absolute Gasteiger partial charge is 0.191 e. The molecule has 0 bridgehead atoms. The topological polar surface area (TPSA) is 67.1 Å². The molecule has 0 radical (unpaired) electrons. The first-order chi connectivity index (χ1) is 14.2. The first-order valence-corrected chi connectivity index (χ1v) is 10.1. The minimum absolute atomic E-state index is 0. The lowest BCUT2D eigenvalue weighted by Gasteiger charge is -2.12. The van der Waals surface area contributed by atoms with E-state index in [0.29, 0.717) is 12.5 Å². The van der Waals surface area contributed by atoms with Crippen LogP contribution in [0.1, 0.15) is 42.9 Å². The van der Waals surface area contributed by atoms with Crippen molar-refractivity contribution >= 4 is 29.9 Å². The molecular formula is C23H31IN6. The van der Waals surface area contributed by atoms with Crippen molar-refractivity contribution in [3.63, 3.8) is 0 Å². The number of hydrogen-bond donors (Lipinski definition) is 2. The molecular weight excluding hydrogens is 487 g/mol. The van der Waals surface area contributed by atoms with E-state index >= 15 is 0 Å². The van der Waals surface area contributed by atoms with Crippen LogP contribution in [0.4, 0.5) is 0 Å². The number of aromatic nitrogens is 3. The predicted molar refractivity (Wildman–Crippen MR) is 134 cm³/mol. The van der Waals surface area contributed by atoms with Gasteiger partial charge in [0.1, 0.15) is 0 Å². The molecule has 0 amide bonds. The lowest BCUT2D eigenvalue weighted by Crippen LogP contribution is -2.37. The number of hydrogen-bond acceptors (Lipinski definition) is 3. The maximum Gasteiger partial charge on any atom is 0.191 e. The fourth-order valence-corrected chi connectivity index (χ4v) is 3.08. The summed E-state index contributed by atoms with van der Waals surface area (Å²) in [5.41, 5.74) is 3.89. The summed E-state index contributed by atoms with van der Waals surface area (Å²) in [5, 5.41) is 11.0. The zero-order valence-corrected chi connectivity index (χ0v) is 20.2. The second kappa shape index (κ2) is 12.3. The molecule has 0 saturated carbocycles. The minimum atomic E-state index is 0. The Morgan fingerprint density at radius 1 is 1.07 bits per heavy atom. The molecule has 2 heterocycles. The Labute approximate surface area is 196 Å². The number of guanidine groups is 1. The van der Waals surface area contributed by atoms with Gasteiger partial charge in [0.05, 0.1) is 0 Å². The number of halogens is 1. The number of nitrogens with zero attached hydrogens (tertiary/aromatic N) is 4. The average molecular weight is 518 g/mol. The van der Waals surface area contributed by atoms with Crippen molar-refractivity contribution in [2.75, 3.05) is 13.6 Å². The molecule has 0 fully saturated rings. The molecule has 7 heteroatoms. The molecule has 3 rings (SSSR count). The standard InChI is InChI=1S/C23H30N6.HI/c1-18(2)21-9-7-19(8-10-21)6-4-12-26-23(24-3)27-17-20-11-14-25-22(16-20)29-15-5-13-28-29;/h5,7-11,13-16,18H,4,6,12,17H2,1-3H3,(H2,24,26,27);1H. The summed E-state index contributed by atoms with van der Waals surface area (Å²) in [4.78, 5) is 8.67. The van der Waals surface area contributed by atoms with Gasteiger partial charge in [-0.05, 0) is 53.6 Å². The van der Waals surface area contributed by atoms with Gasteiger partial charge in [0.2, 0.25) is 0 Å². The molecule has 0 aliphatic heterocycles. The lowest BCUT2D eigenvalue weighted by molar-refractivity contribution is 0.740. The number of aliphatic imine (C=N–C) groups is 1. The SMILES string of the molecule is CN=C(NCCCc1ccc(C(C)C)cc1)NCc1ccnc(-n2cccn2)c1.I. The van der Waals surface area contributed by atoms with Crippen LogP contribution in [-0.2, 0) is 13.0 Å². The van der Waals surface area contributed by atoms with Crippen molar-refractivity contribution < 1.29 is 0 Å². The molecule has 30 heavy (non-hydrogen) atoms. The number of pyridine rings is 1. The van der Waals surface area contributed by atoms with Gasteiger partial charge >= 0.3 is 0 Å². The molecule has 0 aliphatic carbocycles. The van der Waals surface area contributed by atoms with E-state index in [1.807, 2.05) is 24.4 Å². The van der Waals surface area contributed by atoms with Gasteiger partial charge in [0.15, 0.2) is 11.8 Å². The second-order valence-corrected chi connectivity index (χ2v) is 7.33. The van der Waals surface area contributed by atoms with Crippen molar-refractivity contribution in [2.24, 2.45) is 4.99 Å². The molecule has 0 atom stereocenters. The minimum Gasteiger partial charge on any atom is -0.356 e. The Morgan fingerprint density at radius 3 is 2.53 bits per heavy atom. The van der Waals surface area contributed by atoms with Gasteiger partial charge in [-0.3, -0.25) is 4.99 Å². The third kappa shape index (κ3) is 7.12. The summed E-state index contributed by atoms with van der Waals surface area (Å²) < 4.78 is 1.75. The summed E-state index contributed by atoms with van der Waals surface area (Å²) in [5.74, 6) is 2.19. The summed E-state index contributed by atoms with van der Waals surface area (Å²) in [6.45, 7) is 6.00. The number of rotatable bonds is 8. The van der Waals surface area contributed by atoms with Gasteiger partial charge in [0.25, 0.3) is 0 Å². The fraction of sp³-hybridized carbons (Fsp3) is 0.348. The number of aryl methyl sites for hydroxylation is 1. The van der Waals surface area contributed by atoms with Crippen LogP contribution >= 0.6 is 24.0 Å². The summed E-state index contributed by atoms with van der Waals surface area (Å²) in [7, 11) is 1.79. The van der Waals surface area contributed by atoms with E-state index in [9.17, 15) is 0 Å². The molecule has 1 aromatic carbocycles. The zero-order chi connectivity index (χ0) is 20.5. The Kier molecular flexibility index (Phi) is 9.79. The Morgan fingerprint density at radius 2 is 1.87 bits per heavy atom. The molecule has 3 aromatic rings. The molecule has 0 saturated heterocycles. The maximum atomic E-state index is 4.36. The van der Waals surface area contributed by atoms with Gasteiger partial charge in [-0.25, -0.2) is 9.67 Å². The largest absolute Gasteiger partial charge is 0.356 e. The van der Waals surface area contributed by atoms with Crippen molar-refractivity contribution in [3.05, 3.63) is 77.7 Å². The predicted octanol–water partition coefficient (Wildman–Crippen LogP) is 4.31. The average Bonchev–Trinajstić information content (AvgIpc) is 3.29. The molecule has 2 aromatic heterocycles. The van der Waals surface area contributed by atoms with E-state index in [-0.39, 0.29) is 24.0 Å². The van der Waals surface area contributed by atoms with Crippen LogP contribution in [0.25, 0.3) is 5.82 Å². The maximum absolute atomic E-state index is 4.36. The van der Waals surface area contributed by atoms with Crippen molar-refractivity contribution in [3.8, 4) is 5.82 Å². The quantitative estimate of drug-likeness (QED) is 0.202. The van der Waals surface area contributed by atoms with Crippen LogP contribution < -0.4 is 10.6 Å². The highest BCUT2D eigenvalue weighted by Crippen LogP contribution is 2.15. The van der Waals surface area contributed by atoms with Gasteiger partial charge in [-0.2, -0.15) is 5.10 Å². The molecule has 160 valence electrons. The zero-order valence-electron chi connectivity index (χ0n) is 17.9. The third-order valence-electron chi connectivity index (χ3n) is 4.81. The Bertz CT molecular complexity index is 904. The van der Waals surface area contributed by atoms with E-state index in [0.717, 1.165) is 36.7 Å². The highest BCUT2D eigenvalue weighted by Gasteiger charge is 2.03. The summed E-state index contributed by atoms with van der Waals surface area (Å²) in [6, 6.07) is 14.9. The molecule has 0 spiro atoms. The second-order valence-electron chi connectivity index (χ2n) is 7.33. The normalized spacial score (nSPS) is 11.3. The van der Waals surface area contributed by atoms with E-state index in [1.54, 1.807) is 24.1 Å². The molecule has 0 unspecified atom stereocenters. The van der Waals surface area contributed by atoms with E-state index in [1.165, 1.54) is 11.1 Å². The van der Waals surface area contributed by atoms with Crippen LogP contribution in [0.2, 0.25) is 0 Å². The highest BCUT2D eigenvalue weighted by atomic mass is 127.